The Morgan fingerprint density at radius 3 is 2.68 bits per heavy atom. The Kier molecular flexibility index (Phi) is 3.21. The highest BCUT2D eigenvalue weighted by Gasteiger charge is 2.21. The van der Waals surface area contributed by atoms with E-state index in [0.29, 0.717) is 6.04 Å². The number of furan rings is 1. The van der Waals surface area contributed by atoms with Crippen LogP contribution in [0.2, 0.25) is 0 Å². The van der Waals surface area contributed by atoms with Crippen molar-refractivity contribution < 1.29 is 4.42 Å². The summed E-state index contributed by atoms with van der Waals surface area (Å²) in [5.74, 6) is 2.48. The van der Waals surface area contributed by atoms with Crippen LogP contribution < -0.4 is 10.2 Å². The fraction of sp³-hybridized carbons (Fsp3) is 0.429. The van der Waals surface area contributed by atoms with Crippen LogP contribution in [0.4, 0.5) is 5.95 Å². The van der Waals surface area contributed by atoms with Gasteiger partial charge in [-0.2, -0.15) is 0 Å². The van der Waals surface area contributed by atoms with Crippen molar-refractivity contribution in [3.05, 3.63) is 30.3 Å². The van der Waals surface area contributed by atoms with Crippen molar-refractivity contribution in [2.24, 2.45) is 0 Å². The largest absolute Gasteiger partial charge is 0.461 e. The van der Waals surface area contributed by atoms with Crippen LogP contribution >= 0.6 is 0 Å². The number of nitrogens with one attached hydrogen (secondary N) is 1. The number of rotatable bonds is 3. The molecule has 1 saturated heterocycles. The van der Waals surface area contributed by atoms with E-state index in [0.717, 1.165) is 42.5 Å². The fourth-order valence-electron chi connectivity index (χ4n) is 2.35. The molecule has 0 aliphatic carbocycles. The summed E-state index contributed by atoms with van der Waals surface area (Å²) in [4.78, 5) is 11.0. The van der Waals surface area contributed by atoms with Crippen molar-refractivity contribution in [1.29, 1.82) is 0 Å². The summed E-state index contributed by atoms with van der Waals surface area (Å²) in [6.07, 6.45) is 4.78. The predicted octanol–water partition coefficient (Wildman–Crippen LogP) is 1.84. The highest BCUT2D eigenvalue weighted by molar-refractivity contribution is 5.56. The quantitative estimate of drug-likeness (QED) is 0.910. The molecule has 5 heteroatoms. The normalized spacial score (nSPS) is 18.7. The topological polar surface area (TPSA) is 54.2 Å². The van der Waals surface area contributed by atoms with Gasteiger partial charge in [0, 0.05) is 32.0 Å². The summed E-state index contributed by atoms with van der Waals surface area (Å²) < 4.78 is 5.57. The molecule has 1 aliphatic heterocycles. The summed E-state index contributed by atoms with van der Waals surface area (Å²) in [6, 6.07) is 4.37. The zero-order valence-electron chi connectivity index (χ0n) is 11.3. The Labute approximate surface area is 112 Å². The molecule has 3 rings (SSSR count). The van der Waals surface area contributed by atoms with Crippen molar-refractivity contribution in [2.75, 3.05) is 25.0 Å². The lowest BCUT2D eigenvalue weighted by molar-refractivity contribution is 0.548. The van der Waals surface area contributed by atoms with Crippen LogP contribution in [-0.2, 0) is 0 Å². The highest BCUT2D eigenvalue weighted by atomic mass is 16.3. The number of likely N-dealkylation sites (N-methyl/N-ethyl adjacent to an activating group) is 1. The lowest BCUT2D eigenvalue weighted by Crippen LogP contribution is -2.34. The van der Waals surface area contributed by atoms with E-state index in [-0.39, 0.29) is 0 Å². The van der Waals surface area contributed by atoms with E-state index in [1.807, 2.05) is 38.5 Å². The number of aromatic nitrogens is 2. The number of nitrogens with zero attached hydrogens (tertiary/aromatic N) is 3. The second-order valence-electron chi connectivity index (χ2n) is 4.94. The third-order valence-corrected chi connectivity index (χ3v) is 3.56. The molecule has 0 aromatic carbocycles. The Bertz CT molecular complexity index is 543. The SMILES string of the molecule is Cc1ccc(-c2cnc(N(C)C3CCNC3)nc2)o1. The maximum Gasteiger partial charge on any atom is 0.225 e. The van der Waals surface area contributed by atoms with Crippen LogP contribution in [0.5, 0.6) is 0 Å². The van der Waals surface area contributed by atoms with E-state index < -0.39 is 0 Å². The Hall–Kier alpha value is -1.88. The molecule has 3 heterocycles. The molecule has 2 aromatic rings. The van der Waals surface area contributed by atoms with Crippen molar-refractivity contribution in [2.45, 2.75) is 19.4 Å². The minimum Gasteiger partial charge on any atom is -0.461 e. The first kappa shape index (κ1) is 12.2. The molecule has 1 fully saturated rings. The fourth-order valence-corrected chi connectivity index (χ4v) is 2.35. The van der Waals surface area contributed by atoms with E-state index in [1.165, 1.54) is 0 Å². The molecule has 0 amide bonds. The number of hydrogen-bond donors (Lipinski definition) is 1. The Morgan fingerprint density at radius 1 is 1.32 bits per heavy atom. The van der Waals surface area contributed by atoms with Gasteiger partial charge in [0.25, 0.3) is 0 Å². The summed E-state index contributed by atoms with van der Waals surface area (Å²) in [6.45, 7) is 4.00. The van der Waals surface area contributed by atoms with Gasteiger partial charge in [-0.1, -0.05) is 0 Å². The maximum absolute atomic E-state index is 5.57. The summed E-state index contributed by atoms with van der Waals surface area (Å²) in [5.41, 5.74) is 0.912. The lowest BCUT2D eigenvalue weighted by atomic mass is 10.2. The van der Waals surface area contributed by atoms with Gasteiger partial charge in [-0.05, 0) is 32.0 Å². The van der Waals surface area contributed by atoms with E-state index in [1.54, 1.807) is 0 Å². The molecule has 1 aliphatic rings. The maximum atomic E-state index is 5.57. The molecule has 2 aromatic heterocycles. The van der Waals surface area contributed by atoms with Gasteiger partial charge in [-0.15, -0.1) is 0 Å². The molecule has 1 unspecified atom stereocenters. The van der Waals surface area contributed by atoms with E-state index in [4.69, 9.17) is 4.42 Å². The molecule has 19 heavy (non-hydrogen) atoms. The van der Waals surface area contributed by atoms with Gasteiger partial charge in [0.05, 0.1) is 5.56 Å². The van der Waals surface area contributed by atoms with E-state index in [2.05, 4.69) is 20.2 Å². The van der Waals surface area contributed by atoms with Crippen molar-refractivity contribution in [3.63, 3.8) is 0 Å². The zero-order valence-corrected chi connectivity index (χ0v) is 11.3. The van der Waals surface area contributed by atoms with Gasteiger partial charge in [0.1, 0.15) is 11.5 Å². The average molecular weight is 258 g/mol. The molecular formula is C14H18N4O. The summed E-state index contributed by atoms with van der Waals surface area (Å²) in [5, 5.41) is 3.35. The van der Waals surface area contributed by atoms with E-state index >= 15 is 0 Å². The second-order valence-corrected chi connectivity index (χ2v) is 4.94. The molecule has 0 spiro atoms. The van der Waals surface area contributed by atoms with Gasteiger partial charge in [-0.25, -0.2) is 9.97 Å². The lowest BCUT2D eigenvalue weighted by Gasteiger charge is -2.23. The first-order valence-electron chi connectivity index (χ1n) is 6.56. The minimum absolute atomic E-state index is 0.483. The van der Waals surface area contributed by atoms with Gasteiger partial charge >= 0.3 is 0 Å². The molecule has 1 atom stereocenters. The smallest absolute Gasteiger partial charge is 0.225 e. The van der Waals surface area contributed by atoms with Crippen molar-refractivity contribution in [3.8, 4) is 11.3 Å². The third-order valence-electron chi connectivity index (χ3n) is 3.56. The van der Waals surface area contributed by atoms with Gasteiger partial charge in [-0.3, -0.25) is 0 Å². The summed E-state index contributed by atoms with van der Waals surface area (Å²) >= 11 is 0. The number of anilines is 1. The molecule has 1 N–H and O–H groups in total. The standard InChI is InChI=1S/C14H18N4O/c1-10-3-4-13(19-10)11-7-16-14(17-8-11)18(2)12-5-6-15-9-12/h3-4,7-8,12,15H,5-6,9H2,1-2H3. The zero-order chi connectivity index (χ0) is 13.2. The van der Waals surface area contributed by atoms with Crippen molar-refractivity contribution in [1.82, 2.24) is 15.3 Å². The van der Waals surface area contributed by atoms with Crippen LogP contribution in [0.1, 0.15) is 12.2 Å². The molecule has 0 radical (unpaired) electrons. The minimum atomic E-state index is 0.483. The summed E-state index contributed by atoms with van der Waals surface area (Å²) in [7, 11) is 2.05. The second kappa shape index (κ2) is 5.01. The monoisotopic (exact) mass is 258 g/mol. The molecule has 0 saturated carbocycles. The van der Waals surface area contributed by atoms with Crippen LogP contribution in [-0.4, -0.2) is 36.1 Å². The van der Waals surface area contributed by atoms with Gasteiger partial charge < -0.3 is 14.6 Å². The van der Waals surface area contributed by atoms with Crippen LogP contribution in [0.3, 0.4) is 0 Å². The van der Waals surface area contributed by atoms with Crippen LogP contribution in [0.25, 0.3) is 11.3 Å². The number of aryl methyl sites for hydroxylation is 1. The molecule has 5 nitrogen and oxygen atoms in total. The first-order chi connectivity index (χ1) is 9.24. The molecule has 0 bridgehead atoms. The van der Waals surface area contributed by atoms with Crippen molar-refractivity contribution >= 4 is 5.95 Å². The first-order valence-corrected chi connectivity index (χ1v) is 6.56. The van der Waals surface area contributed by atoms with Gasteiger partial charge in [0.2, 0.25) is 5.95 Å². The Morgan fingerprint density at radius 2 is 2.11 bits per heavy atom. The molecule has 100 valence electrons. The highest BCUT2D eigenvalue weighted by Crippen LogP contribution is 2.22. The molecular weight excluding hydrogens is 240 g/mol. The van der Waals surface area contributed by atoms with Crippen LogP contribution in [0.15, 0.2) is 28.9 Å². The van der Waals surface area contributed by atoms with Crippen LogP contribution in [0, 0.1) is 6.92 Å². The van der Waals surface area contributed by atoms with E-state index in [9.17, 15) is 0 Å². The number of hydrogen-bond acceptors (Lipinski definition) is 5. The predicted molar refractivity (Wildman–Crippen MR) is 74.1 cm³/mol. The Balaban J connectivity index is 1.78. The average Bonchev–Trinajstić information content (AvgIpc) is 3.09. The third kappa shape index (κ3) is 2.46. The van der Waals surface area contributed by atoms with Gasteiger partial charge in [0.15, 0.2) is 0 Å².